The van der Waals surface area contributed by atoms with Crippen LogP contribution in [-0.2, 0) is 28.8 Å². The molecule has 0 saturated heterocycles. The molecule has 168 valence electrons. The van der Waals surface area contributed by atoms with Gasteiger partial charge in [0.2, 0.25) is 0 Å². The summed E-state index contributed by atoms with van der Waals surface area (Å²) >= 11 is 0. The highest BCUT2D eigenvalue weighted by Crippen LogP contribution is 2.05. The minimum atomic E-state index is -1.03. The molecule has 29 heavy (non-hydrogen) atoms. The van der Waals surface area contributed by atoms with Gasteiger partial charge >= 0.3 is 11.9 Å². The predicted molar refractivity (Wildman–Crippen MR) is 109 cm³/mol. The van der Waals surface area contributed by atoms with Crippen LogP contribution in [-0.4, -0.2) is 45.3 Å². The molecule has 0 aliphatic carbocycles. The summed E-state index contributed by atoms with van der Waals surface area (Å²) in [6, 6.07) is 0. The molecule has 0 aromatic heterocycles. The van der Waals surface area contributed by atoms with Gasteiger partial charge in [-0.2, -0.15) is 0 Å². The number of carbonyl (C=O) groups excluding carboxylic acids is 4. The maximum absolute atomic E-state index is 10.8. The summed E-state index contributed by atoms with van der Waals surface area (Å²) in [6.45, 7) is 10.8. The van der Waals surface area contributed by atoms with Crippen molar-refractivity contribution in [2.45, 2.75) is 86.5 Å². The Morgan fingerprint density at radius 2 is 0.862 bits per heavy atom. The average molecular weight is 417 g/mol. The highest BCUT2D eigenvalue weighted by atomic mass is 16.4. The Hall–Kier alpha value is -2.38. The van der Waals surface area contributed by atoms with Gasteiger partial charge in [0.05, 0.1) is 6.42 Å². The molecule has 0 radical (unpaired) electrons. The van der Waals surface area contributed by atoms with Crippen LogP contribution < -0.4 is 0 Å². The third kappa shape index (κ3) is 37.1. The van der Waals surface area contributed by atoms with Crippen LogP contribution in [0.25, 0.3) is 0 Å². The second-order valence-corrected chi connectivity index (χ2v) is 7.66. The van der Waals surface area contributed by atoms with E-state index in [0.29, 0.717) is 24.7 Å². The Kier molecular flexibility index (Phi) is 20.5. The van der Waals surface area contributed by atoms with E-state index >= 15 is 0 Å². The summed E-state index contributed by atoms with van der Waals surface area (Å²) in [5, 5.41) is 16.5. The topological polar surface area (TPSA) is 143 Å². The fraction of sp³-hybridized carbons (Fsp3) is 0.714. The van der Waals surface area contributed by atoms with Gasteiger partial charge in [-0.25, -0.2) is 0 Å². The Balaban J connectivity index is -0.000000360. The van der Waals surface area contributed by atoms with Gasteiger partial charge in [0.25, 0.3) is 0 Å². The van der Waals surface area contributed by atoms with Crippen LogP contribution in [0.1, 0.15) is 86.5 Å². The molecule has 0 unspecified atom stereocenters. The van der Waals surface area contributed by atoms with Gasteiger partial charge in [0.1, 0.15) is 36.0 Å². The van der Waals surface area contributed by atoms with E-state index in [-0.39, 0.29) is 42.4 Å². The maximum Gasteiger partial charge on any atom is 0.310 e. The normalized spacial score (nSPS) is 9.66. The lowest BCUT2D eigenvalue weighted by molar-refractivity contribution is -0.142. The van der Waals surface area contributed by atoms with Crippen molar-refractivity contribution < 1.29 is 39.0 Å². The average Bonchev–Trinajstić information content (AvgIpc) is 2.49. The van der Waals surface area contributed by atoms with E-state index in [1.807, 2.05) is 27.7 Å². The van der Waals surface area contributed by atoms with Crippen molar-refractivity contribution in [1.29, 1.82) is 0 Å². The zero-order valence-corrected chi connectivity index (χ0v) is 18.4. The highest BCUT2D eigenvalue weighted by molar-refractivity contribution is 5.96. The molecule has 2 N–H and O–H groups in total. The number of carboxylic acids is 2. The third-order valence-electron chi connectivity index (χ3n) is 3.20. The molecule has 0 rings (SSSR count). The van der Waals surface area contributed by atoms with Gasteiger partial charge in [-0.1, -0.05) is 27.7 Å². The molecule has 0 aliphatic rings. The molecule has 0 aromatic rings. The third-order valence-corrected chi connectivity index (χ3v) is 3.20. The van der Waals surface area contributed by atoms with Crippen molar-refractivity contribution >= 4 is 35.1 Å². The molecule has 0 fully saturated rings. The summed E-state index contributed by atoms with van der Waals surface area (Å²) in [4.78, 5) is 61.7. The zero-order chi connectivity index (χ0) is 23.6. The van der Waals surface area contributed by atoms with Crippen LogP contribution in [0.5, 0.6) is 0 Å². The molecular formula is C21H36O8. The highest BCUT2D eigenvalue weighted by Gasteiger charge is 2.08. The number of hydrogen-bond donors (Lipinski definition) is 2. The minimum Gasteiger partial charge on any atom is -0.481 e. The van der Waals surface area contributed by atoms with Gasteiger partial charge in [-0.3, -0.25) is 28.8 Å². The van der Waals surface area contributed by atoms with E-state index in [0.717, 1.165) is 12.8 Å². The molecule has 0 atom stereocenters. The number of Topliss-reactive ketones (excluding diaryl/α,β-unsaturated/α-hetero) is 4. The summed E-state index contributed by atoms with van der Waals surface area (Å²) in [5.74, 6) is -1.60. The monoisotopic (exact) mass is 416 g/mol. The first-order valence-electron chi connectivity index (χ1n) is 9.63. The molecule has 0 spiro atoms. The minimum absolute atomic E-state index is 0.0625. The SMILES string of the molecule is CC(=O)CC(C)=O.CC(C)CCC(=O)CC(=O)O.CC(C)CCC(=O)CC(=O)O. The first kappa shape index (κ1) is 31.3. The molecule has 0 amide bonds. The predicted octanol–water partition coefficient (Wildman–Crippen LogP) is 3.49. The molecule has 0 aliphatic heterocycles. The summed E-state index contributed by atoms with van der Waals surface area (Å²) < 4.78 is 0. The van der Waals surface area contributed by atoms with E-state index in [9.17, 15) is 28.8 Å². The Morgan fingerprint density at radius 3 is 1.00 bits per heavy atom. The molecular weight excluding hydrogens is 380 g/mol. The number of carboxylic acid groups (broad SMARTS) is 2. The van der Waals surface area contributed by atoms with Crippen molar-refractivity contribution in [3.63, 3.8) is 0 Å². The number of ketones is 4. The largest absolute Gasteiger partial charge is 0.481 e. The van der Waals surface area contributed by atoms with Gasteiger partial charge in [-0.15, -0.1) is 0 Å². The number of hydrogen-bond acceptors (Lipinski definition) is 6. The lowest BCUT2D eigenvalue weighted by Gasteiger charge is -2.00. The molecule has 8 nitrogen and oxygen atoms in total. The number of rotatable bonds is 12. The standard InChI is InChI=1S/2C8H14O3.C5H8O2/c2*1-6(2)3-4-7(9)5-8(10)11;1-4(6)3-5(2)7/h2*6H,3-5H2,1-2H3,(H,10,11);3H2,1-2H3. The van der Waals surface area contributed by atoms with Crippen molar-refractivity contribution in [2.75, 3.05) is 0 Å². The summed E-state index contributed by atoms with van der Waals surface area (Å²) in [5.41, 5.74) is 0. The first-order chi connectivity index (χ1) is 13.2. The quantitative estimate of drug-likeness (QED) is 0.460. The fourth-order valence-electron chi connectivity index (χ4n) is 1.76. The van der Waals surface area contributed by atoms with Crippen LogP contribution in [0.2, 0.25) is 0 Å². The Labute approximate surface area is 173 Å². The molecule has 0 heterocycles. The lowest BCUT2D eigenvalue weighted by Crippen LogP contribution is -2.07. The first-order valence-corrected chi connectivity index (χ1v) is 9.63. The van der Waals surface area contributed by atoms with Gasteiger partial charge in [0, 0.05) is 12.8 Å². The summed E-state index contributed by atoms with van der Waals surface area (Å²) in [7, 11) is 0. The van der Waals surface area contributed by atoms with Crippen LogP contribution in [0, 0.1) is 11.8 Å². The molecule has 8 heteroatoms. The number of carbonyl (C=O) groups is 6. The second-order valence-electron chi connectivity index (χ2n) is 7.66. The second kappa shape index (κ2) is 19.0. The van der Waals surface area contributed by atoms with Crippen molar-refractivity contribution in [2.24, 2.45) is 11.8 Å². The fourth-order valence-corrected chi connectivity index (χ4v) is 1.76. The van der Waals surface area contributed by atoms with Gasteiger partial charge in [0.15, 0.2) is 0 Å². The van der Waals surface area contributed by atoms with E-state index < -0.39 is 11.9 Å². The van der Waals surface area contributed by atoms with E-state index in [2.05, 4.69) is 0 Å². The summed E-state index contributed by atoms with van der Waals surface area (Å²) in [6.07, 6.45) is 1.78. The molecule has 0 saturated carbocycles. The molecule has 0 aromatic carbocycles. The van der Waals surface area contributed by atoms with Gasteiger partial charge in [-0.05, 0) is 38.5 Å². The number of aliphatic carboxylic acids is 2. The van der Waals surface area contributed by atoms with Crippen molar-refractivity contribution in [1.82, 2.24) is 0 Å². The van der Waals surface area contributed by atoms with Crippen molar-refractivity contribution in [3.8, 4) is 0 Å². The van der Waals surface area contributed by atoms with Crippen LogP contribution in [0.4, 0.5) is 0 Å². The van der Waals surface area contributed by atoms with Crippen LogP contribution in [0.3, 0.4) is 0 Å². The van der Waals surface area contributed by atoms with Crippen molar-refractivity contribution in [3.05, 3.63) is 0 Å². The lowest BCUT2D eigenvalue weighted by atomic mass is 10.0. The van der Waals surface area contributed by atoms with E-state index in [4.69, 9.17) is 10.2 Å². The smallest absolute Gasteiger partial charge is 0.310 e. The van der Waals surface area contributed by atoms with Crippen LogP contribution >= 0.6 is 0 Å². The van der Waals surface area contributed by atoms with Crippen LogP contribution in [0.15, 0.2) is 0 Å². The van der Waals surface area contributed by atoms with Gasteiger partial charge < -0.3 is 10.2 Å². The Morgan fingerprint density at radius 1 is 0.586 bits per heavy atom. The van der Waals surface area contributed by atoms with E-state index in [1.165, 1.54) is 13.8 Å². The zero-order valence-electron chi connectivity index (χ0n) is 18.4. The Bertz CT molecular complexity index is 499. The van der Waals surface area contributed by atoms with E-state index in [1.54, 1.807) is 0 Å². The molecule has 0 bridgehead atoms. The maximum atomic E-state index is 10.8.